The molecule has 32 heavy (non-hydrogen) atoms. The van der Waals surface area contributed by atoms with Gasteiger partial charge in [0.2, 0.25) is 0 Å². The Kier molecular flexibility index (Phi) is 7.56. The van der Waals surface area contributed by atoms with E-state index in [0.29, 0.717) is 13.2 Å². The van der Waals surface area contributed by atoms with E-state index in [2.05, 4.69) is 84.7 Å². The lowest BCUT2D eigenvalue weighted by molar-refractivity contribution is 0.202. The van der Waals surface area contributed by atoms with Crippen molar-refractivity contribution in [3.63, 3.8) is 0 Å². The number of benzene rings is 4. The highest BCUT2D eigenvalue weighted by molar-refractivity contribution is 5.64. The van der Waals surface area contributed by atoms with Gasteiger partial charge in [-0.25, -0.2) is 0 Å². The molecule has 0 amide bonds. The molecule has 0 aliphatic heterocycles. The van der Waals surface area contributed by atoms with Gasteiger partial charge in [0.15, 0.2) is 0 Å². The second-order valence-corrected chi connectivity index (χ2v) is 7.78. The molecule has 0 heterocycles. The first-order valence-corrected chi connectivity index (χ1v) is 11.0. The summed E-state index contributed by atoms with van der Waals surface area (Å²) in [5, 5.41) is 0. The van der Waals surface area contributed by atoms with Crippen LogP contribution in [0.25, 0.3) is 22.3 Å². The lowest BCUT2D eigenvalue weighted by Crippen LogP contribution is -2.28. The van der Waals surface area contributed by atoms with Gasteiger partial charge in [0, 0.05) is 13.1 Å². The van der Waals surface area contributed by atoms with Crippen LogP contribution in [0.4, 0.5) is 0 Å². The lowest BCUT2D eigenvalue weighted by atomic mass is 10.1. The number of likely N-dealkylation sites (N-methyl/N-ethyl adjacent to an activating group) is 1. The smallest absolute Gasteiger partial charge is 0.119 e. The van der Waals surface area contributed by atoms with Crippen LogP contribution in [0.15, 0.2) is 109 Å². The number of rotatable bonds is 10. The van der Waals surface area contributed by atoms with Gasteiger partial charge in [-0.2, -0.15) is 0 Å². The minimum Gasteiger partial charge on any atom is -0.492 e. The first-order chi connectivity index (χ1) is 15.8. The maximum atomic E-state index is 5.90. The Bertz CT molecular complexity index is 973. The van der Waals surface area contributed by atoms with Crippen LogP contribution in [0.3, 0.4) is 0 Å². The van der Waals surface area contributed by atoms with Crippen LogP contribution in [-0.2, 0) is 0 Å². The first kappa shape index (κ1) is 21.7. The van der Waals surface area contributed by atoms with Crippen LogP contribution in [0.5, 0.6) is 11.5 Å². The van der Waals surface area contributed by atoms with Gasteiger partial charge in [-0.15, -0.1) is 0 Å². The Hall–Kier alpha value is -3.56. The molecule has 3 heteroatoms. The van der Waals surface area contributed by atoms with E-state index in [9.17, 15) is 0 Å². The normalized spacial score (nSPS) is 10.8. The summed E-state index contributed by atoms with van der Waals surface area (Å²) >= 11 is 0. The predicted molar refractivity (Wildman–Crippen MR) is 132 cm³/mol. The van der Waals surface area contributed by atoms with Crippen LogP contribution >= 0.6 is 0 Å². The molecule has 4 aromatic carbocycles. The Morgan fingerprint density at radius 3 is 1.19 bits per heavy atom. The Morgan fingerprint density at radius 1 is 0.469 bits per heavy atom. The van der Waals surface area contributed by atoms with Gasteiger partial charge in [0.25, 0.3) is 0 Å². The van der Waals surface area contributed by atoms with Crippen LogP contribution < -0.4 is 9.47 Å². The fourth-order valence-electron chi connectivity index (χ4n) is 3.50. The monoisotopic (exact) mass is 423 g/mol. The standard InChI is InChI=1S/C29H29NO2/c1-30(20-22-31-28-16-12-26(13-17-28)24-8-4-2-5-9-24)21-23-32-29-18-14-27(15-19-29)25-10-6-3-7-11-25/h2-19H,20-23H2,1H3. The summed E-state index contributed by atoms with van der Waals surface area (Å²) < 4.78 is 11.8. The van der Waals surface area contributed by atoms with E-state index in [-0.39, 0.29) is 0 Å². The predicted octanol–water partition coefficient (Wildman–Crippen LogP) is 6.41. The van der Waals surface area contributed by atoms with Crippen LogP contribution in [-0.4, -0.2) is 38.3 Å². The van der Waals surface area contributed by atoms with Gasteiger partial charge in [0.05, 0.1) is 0 Å². The summed E-state index contributed by atoms with van der Waals surface area (Å²) in [4.78, 5) is 2.22. The fraction of sp³-hybridized carbons (Fsp3) is 0.172. The van der Waals surface area contributed by atoms with Gasteiger partial charge in [-0.1, -0.05) is 84.9 Å². The molecule has 4 aromatic rings. The largest absolute Gasteiger partial charge is 0.492 e. The molecule has 162 valence electrons. The van der Waals surface area contributed by atoms with Crippen molar-refractivity contribution in [2.45, 2.75) is 0 Å². The average molecular weight is 424 g/mol. The quantitative estimate of drug-likeness (QED) is 0.294. The fourth-order valence-corrected chi connectivity index (χ4v) is 3.50. The van der Waals surface area contributed by atoms with Gasteiger partial charge < -0.3 is 9.47 Å². The van der Waals surface area contributed by atoms with E-state index in [4.69, 9.17) is 9.47 Å². The third kappa shape index (κ3) is 6.22. The zero-order valence-electron chi connectivity index (χ0n) is 18.5. The molecule has 4 rings (SSSR count). The van der Waals surface area contributed by atoms with Crippen molar-refractivity contribution in [3.8, 4) is 33.8 Å². The molecule has 3 nitrogen and oxygen atoms in total. The zero-order valence-corrected chi connectivity index (χ0v) is 18.5. The Labute approximate surface area is 190 Å². The molecular formula is C29H29NO2. The molecule has 0 unspecified atom stereocenters. The van der Waals surface area contributed by atoms with E-state index in [0.717, 1.165) is 24.6 Å². The summed E-state index contributed by atoms with van der Waals surface area (Å²) in [7, 11) is 2.09. The van der Waals surface area contributed by atoms with E-state index >= 15 is 0 Å². The average Bonchev–Trinajstić information content (AvgIpc) is 2.86. The number of nitrogens with zero attached hydrogens (tertiary/aromatic N) is 1. The SMILES string of the molecule is CN(CCOc1ccc(-c2ccccc2)cc1)CCOc1ccc(-c2ccccc2)cc1. The minimum atomic E-state index is 0.646. The molecule has 0 aromatic heterocycles. The molecular weight excluding hydrogens is 394 g/mol. The molecule has 0 aliphatic carbocycles. The molecule has 0 spiro atoms. The maximum absolute atomic E-state index is 5.90. The highest BCUT2D eigenvalue weighted by Gasteiger charge is 2.03. The maximum Gasteiger partial charge on any atom is 0.119 e. The van der Waals surface area contributed by atoms with Crippen LogP contribution in [0, 0.1) is 0 Å². The molecule has 0 radical (unpaired) electrons. The van der Waals surface area contributed by atoms with Crippen molar-refractivity contribution >= 4 is 0 Å². The highest BCUT2D eigenvalue weighted by atomic mass is 16.5. The molecule has 0 aliphatic rings. The van der Waals surface area contributed by atoms with Crippen molar-refractivity contribution in [1.82, 2.24) is 4.90 Å². The van der Waals surface area contributed by atoms with Crippen molar-refractivity contribution < 1.29 is 9.47 Å². The van der Waals surface area contributed by atoms with E-state index in [1.54, 1.807) is 0 Å². The van der Waals surface area contributed by atoms with Gasteiger partial charge in [0.1, 0.15) is 24.7 Å². The van der Waals surface area contributed by atoms with Gasteiger partial charge in [-0.3, -0.25) is 4.90 Å². The van der Waals surface area contributed by atoms with E-state index < -0.39 is 0 Å². The summed E-state index contributed by atoms with van der Waals surface area (Å²) in [6.45, 7) is 2.98. The van der Waals surface area contributed by atoms with Crippen molar-refractivity contribution in [1.29, 1.82) is 0 Å². The summed E-state index contributed by atoms with van der Waals surface area (Å²) in [6.07, 6.45) is 0. The second-order valence-electron chi connectivity index (χ2n) is 7.78. The third-order valence-electron chi connectivity index (χ3n) is 5.41. The van der Waals surface area contributed by atoms with Crippen LogP contribution in [0.2, 0.25) is 0 Å². The molecule has 0 N–H and O–H groups in total. The van der Waals surface area contributed by atoms with Gasteiger partial charge >= 0.3 is 0 Å². The molecule has 0 atom stereocenters. The Balaban J connectivity index is 1.15. The Morgan fingerprint density at radius 2 is 0.812 bits per heavy atom. The topological polar surface area (TPSA) is 21.7 Å². The number of ether oxygens (including phenoxy) is 2. The molecule has 0 bridgehead atoms. The van der Waals surface area contributed by atoms with E-state index in [1.807, 2.05) is 36.4 Å². The molecule has 0 saturated carbocycles. The molecule has 0 fully saturated rings. The van der Waals surface area contributed by atoms with Crippen molar-refractivity contribution in [3.05, 3.63) is 109 Å². The number of hydrogen-bond donors (Lipinski definition) is 0. The summed E-state index contributed by atoms with van der Waals surface area (Å²) in [5.41, 5.74) is 4.83. The first-order valence-electron chi connectivity index (χ1n) is 11.0. The lowest BCUT2D eigenvalue weighted by Gasteiger charge is -2.17. The van der Waals surface area contributed by atoms with E-state index in [1.165, 1.54) is 22.3 Å². The van der Waals surface area contributed by atoms with Crippen molar-refractivity contribution in [2.24, 2.45) is 0 Å². The summed E-state index contributed by atoms with van der Waals surface area (Å²) in [5.74, 6) is 1.79. The second kappa shape index (κ2) is 11.2. The van der Waals surface area contributed by atoms with Crippen LogP contribution in [0.1, 0.15) is 0 Å². The van der Waals surface area contributed by atoms with Gasteiger partial charge in [-0.05, 0) is 53.6 Å². The van der Waals surface area contributed by atoms with Crippen molar-refractivity contribution in [2.75, 3.05) is 33.4 Å². The third-order valence-corrected chi connectivity index (χ3v) is 5.41. The highest BCUT2D eigenvalue weighted by Crippen LogP contribution is 2.23. The molecule has 0 saturated heterocycles. The summed E-state index contributed by atoms with van der Waals surface area (Å²) in [6, 6.07) is 37.3. The number of hydrogen-bond acceptors (Lipinski definition) is 3. The minimum absolute atomic E-state index is 0.646. The zero-order chi connectivity index (χ0) is 22.0.